The van der Waals surface area contributed by atoms with Gasteiger partial charge >= 0.3 is 0 Å². The number of hydrogen-bond donors (Lipinski definition) is 0. The zero-order valence-corrected chi connectivity index (χ0v) is 13.0. The summed E-state index contributed by atoms with van der Waals surface area (Å²) in [7, 11) is 0. The first-order valence-corrected chi connectivity index (χ1v) is 8.01. The second-order valence-corrected chi connectivity index (χ2v) is 6.42. The van der Waals surface area contributed by atoms with Crippen molar-refractivity contribution in [3.8, 4) is 0 Å². The van der Waals surface area contributed by atoms with Crippen LogP contribution in [0.25, 0.3) is 0 Å². The smallest absolute Gasteiger partial charge is 0.223 e. The normalized spacial score (nSPS) is 24.2. The van der Waals surface area contributed by atoms with Crippen molar-refractivity contribution in [2.45, 2.75) is 38.8 Å². The van der Waals surface area contributed by atoms with E-state index in [1.54, 1.807) is 0 Å². The number of rotatable bonds is 4. The van der Waals surface area contributed by atoms with Crippen LogP contribution in [-0.4, -0.2) is 58.0 Å². The summed E-state index contributed by atoms with van der Waals surface area (Å²) in [5, 5.41) is 0. The Hall–Kier alpha value is -1.56. The Bertz CT molecular complexity index is 513. The highest BCUT2D eigenvalue weighted by atomic mass is 19.1. The van der Waals surface area contributed by atoms with Crippen molar-refractivity contribution in [3.05, 3.63) is 23.8 Å². The molecule has 1 unspecified atom stereocenters. The fourth-order valence-corrected chi connectivity index (χ4v) is 3.41. The summed E-state index contributed by atoms with van der Waals surface area (Å²) in [6.45, 7) is 4.88. The number of nitrogens with zero attached hydrogens (tertiary/aromatic N) is 4. The van der Waals surface area contributed by atoms with Gasteiger partial charge < -0.3 is 4.90 Å². The average Bonchev–Trinajstić information content (AvgIpc) is 2.91. The lowest BCUT2D eigenvalue weighted by Gasteiger charge is -2.36. The zero-order valence-electron chi connectivity index (χ0n) is 13.0. The quantitative estimate of drug-likeness (QED) is 0.847. The van der Waals surface area contributed by atoms with Gasteiger partial charge in [0.1, 0.15) is 5.82 Å². The molecule has 2 aliphatic rings. The Morgan fingerprint density at radius 1 is 1.27 bits per heavy atom. The molecule has 2 saturated heterocycles. The predicted molar refractivity (Wildman–Crippen MR) is 80.9 cm³/mol. The summed E-state index contributed by atoms with van der Waals surface area (Å²) in [6.07, 6.45) is 6.08. The van der Waals surface area contributed by atoms with Gasteiger partial charge in [-0.05, 0) is 19.8 Å². The summed E-state index contributed by atoms with van der Waals surface area (Å²) in [6, 6.07) is 0.287. The molecule has 0 saturated carbocycles. The van der Waals surface area contributed by atoms with Gasteiger partial charge in [0.05, 0.1) is 6.67 Å². The third-order valence-electron chi connectivity index (χ3n) is 4.70. The monoisotopic (exact) mass is 306 g/mol. The Morgan fingerprint density at radius 3 is 2.55 bits per heavy atom. The van der Waals surface area contributed by atoms with E-state index in [0.29, 0.717) is 13.0 Å². The van der Waals surface area contributed by atoms with Crippen LogP contribution >= 0.6 is 0 Å². The lowest BCUT2D eigenvalue weighted by molar-refractivity contribution is -0.130. The third kappa shape index (κ3) is 3.43. The molecule has 0 aromatic carbocycles. The van der Waals surface area contributed by atoms with Crippen molar-refractivity contribution in [1.29, 1.82) is 0 Å². The second-order valence-electron chi connectivity index (χ2n) is 6.42. The molecule has 0 spiro atoms. The number of aryl methyl sites for hydroxylation is 1. The lowest BCUT2D eigenvalue weighted by Crippen LogP contribution is -2.45. The third-order valence-corrected chi connectivity index (χ3v) is 4.70. The van der Waals surface area contributed by atoms with Gasteiger partial charge in [-0.2, -0.15) is 0 Å². The molecule has 22 heavy (non-hydrogen) atoms. The largest absolute Gasteiger partial charge is 0.339 e. The summed E-state index contributed by atoms with van der Waals surface area (Å²) in [5.74, 6) is 0.834. The molecule has 0 aliphatic carbocycles. The molecule has 0 bridgehead atoms. The fourth-order valence-electron chi connectivity index (χ4n) is 3.41. The maximum atomic E-state index is 12.7. The Labute approximate surface area is 130 Å². The molecule has 1 atom stereocenters. The number of carbonyl (C=O) groups excluding carboxylic acids is 1. The molecule has 0 N–H and O–H groups in total. The molecule has 0 radical (unpaired) electrons. The van der Waals surface area contributed by atoms with Crippen LogP contribution in [0.4, 0.5) is 4.39 Å². The van der Waals surface area contributed by atoms with E-state index in [0.717, 1.165) is 43.9 Å². The van der Waals surface area contributed by atoms with Gasteiger partial charge in [-0.25, -0.2) is 9.97 Å². The summed E-state index contributed by atoms with van der Waals surface area (Å²) < 4.78 is 12.7. The maximum Gasteiger partial charge on any atom is 0.223 e. The Morgan fingerprint density at radius 2 is 1.95 bits per heavy atom. The lowest BCUT2D eigenvalue weighted by atomic mass is 10.0. The van der Waals surface area contributed by atoms with Gasteiger partial charge in [-0.1, -0.05) is 0 Å². The molecule has 2 fully saturated rings. The molecule has 3 heterocycles. The van der Waals surface area contributed by atoms with Crippen molar-refractivity contribution in [1.82, 2.24) is 19.8 Å². The van der Waals surface area contributed by atoms with E-state index in [9.17, 15) is 9.18 Å². The van der Waals surface area contributed by atoms with Gasteiger partial charge in [-0.15, -0.1) is 0 Å². The molecule has 6 heteroatoms. The summed E-state index contributed by atoms with van der Waals surface area (Å²) >= 11 is 0. The molecule has 120 valence electrons. The Balaban J connectivity index is 1.50. The number of hydrogen-bond acceptors (Lipinski definition) is 4. The predicted octanol–water partition coefficient (Wildman–Crippen LogP) is 1.57. The van der Waals surface area contributed by atoms with Crippen LogP contribution in [0.1, 0.15) is 30.7 Å². The number of aromatic nitrogens is 2. The van der Waals surface area contributed by atoms with Crippen LogP contribution in [0, 0.1) is 12.8 Å². The number of amides is 1. The highest BCUT2D eigenvalue weighted by Gasteiger charge is 2.35. The summed E-state index contributed by atoms with van der Waals surface area (Å²) in [5.41, 5.74) is 1.12. The van der Waals surface area contributed by atoms with Crippen molar-refractivity contribution in [2.24, 2.45) is 5.92 Å². The van der Waals surface area contributed by atoms with Crippen LogP contribution in [0.15, 0.2) is 12.4 Å². The highest BCUT2D eigenvalue weighted by molar-refractivity contribution is 5.79. The standard InChI is InChI=1S/C16H23FN4O/c1-12-18-8-14(9-19-12)10-20-4-2-15(3-5-20)21-11-13(7-17)6-16(21)22/h8-9,13,15H,2-7,10-11H2,1H3. The van der Waals surface area contributed by atoms with E-state index in [1.807, 2.05) is 24.2 Å². The minimum atomic E-state index is -0.380. The SMILES string of the molecule is Cc1ncc(CN2CCC(N3CC(CF)CC3=O)CC2)cn1. The number of piperidine rings is 1. The first kappa shape index (κ1) is 15.3. The number of carbonyl (C=O) groups is 1. The zero-order chi connectivity index (χ0) is 15.5. The van der Waals surface area contributed by atoms with Crippen molar-refractivity contribution in [2.75, 3.05) is 26.3 Å². The highest BCUT2D eigenvalue weighted by Crippen LogP contribution is 2.26. The van der Waals surface area contributed by atoms with Gasteiger partial charge in [0.25, 0.3) is 0 Å². The van der Waals surface area contributed by atoms with Crippen LogP contribution in [0.3, 0.4) is 0 Å². The van der Waals surface area contributed by atoms with Crippen LogP contribution < -0.4 is 0 Å². The van der Waals surface area contributed by atoms with Crippen molar-refractivity contribution >= 4 is 5.91 Å². The maximum absolute atomic E-state index is 12.7. The molecule has 5 nitrogen and oxygen atoms in total. The van der Waals surface area contributed by atoms with E-state index >= 15 is 0 Å². The average molecular weight is 306 g/mol. The molecule has 1 amide bonds. The molecule has 1 aromatic heterocycles. The minimum Gasteiger partial charge on any atom is -0.339 e. The molecular formula is C16H23FN4O. The van der Waals surface area contributed by atoms with E-state index in [2.05, 4.69) is 14.9 Å². The van der Waals surface area contributed by atoms with E-state index in [4.69, 9.17) is 0 Å². The first-order chi connectivity index (χ1) is 10.7. The van der Waals surface area contributed by atoms with Crippen molar-refractivity contribution in [3.63, 3.8) is 0 Å². The van der Waals surface area contributed by atoms with Gasteiger partial charge in [-0.3, -0.25) is 14.1 Å². The van der Waals surface area contributed by atoms with Crippen LogP contribution in [-0.2, 0) is 11.3 Å². The molecule has 3 rings (SSSR count). The number of likely N-dealkylation sites (tertiary alicyclic amines) is 2. The van der Waals surface area contributed by atoms with E-state index < -0.39 is 0 Å². The summed E-state index contributed by atoms with van der Waals surface area (Å²) in [4.78, 5) is 24.7. The second kappa shape index (κ2) is 6.69. The number of halogens is 1. The van der Waals surface area contributed by atoms with E-state index in [-0.39, 0.29) is 24.5 Å². The van der Waals surface area contributed by atoms with Gasteiger partial charge in [0, 0.05) is 62.5 Å². The van der Waals surface area contributed by atoms with Crippen LogP contribution in [0.2, 0.25) is 0 Å². The van der Waals surface area contributed by atoms with Gasteiger partial charge in [0.2, 0.25) is 5.91 Å². The molecular weight excluding hydrogens is 283 g/mol. The minimum absolute atomic E-state index is 0.0877. The Kier molecular flexibility index (Phi) is 4.66. The van der Waals surface area contributed by atoms with Crippen molar-refractivity contribution < 1.29 is 9.18 Å². The van der Waals surface area contributed by atoms with E-state index in [1.165, 1.54) is 0 Å². The molecule has 2 aliphatic heterocycles. The van der Waals surface area contributed by atoms with Crippen LogP contribution in [0.5, 0.6) is 0 Å². The number of alkyl halides is 1. The molecule has 1 aromatic rings. The topological polar surface area (TPSA) is 49.3 Å². The van der Waals surface area contributed by atoms with Gasteiger partial charge in [0.15, 0.2) is 0 Å². The first-order valence-electron chi connectivity index (χ1n) is 8.01. The fraction of sp³-hybridized carbons (Fsp3) is 0.688.